The van der Waals surface area contributed by atoms with Crippen molar-refractivity contribution in [1.82, 2.24) is 4.98 Å². The van der Waals surface area contributed by atoms with Crippen molar-refractivity contribution in [3.8, 4) is 17.2 Å². The van der Waals surface area contributed by atoms with E-state index in [2.05, 4.69) is 11.6 Å². The number of rotatable bonds is 8. The third-order valence-electron chi connectivity index (χ3n) is 4.23. The Labute approximate surface area is 165 Å². The molecule has 0 unspecified atom stereocenters. The maximum absolute atomic E-state index is 12.3. The second kappa shape index (κ2) is 9.60. The number of methoxy groups -OCH3 is 3. The van der Waals surface area contributed by atoms with Crippen molar-refractivity contribution in [2.24, 2.45) is 0 Å². The summed E-state index contributed by atoms with van der Waals surface area (Å²) in [5, 5.41) is 10.8. The lowest BCUT2D eigenvalue weighted by Gasteiger charge is -2.16. The highest BCUT2D eigenvalue weighted by Gasteiger charge is 2.22. The highest BCUT2D eigenvalue weighted by molar-refractivity contribution is 5.98. The van der Waals surface area contributed by atoms with Crippen molar-refractivity contribution in [2.75, 3.05) is 21.3 Å². The van der Waals surface area contributed by atoms with Crippen molar-refractivity contribution in [2.45, 2.75) is 19.8 Å². The van der Waals surface area contributed by atoms with Gasteiger partial charge in [-0.15, -0.1) is 6.58 Å². The lowest BCUT2D eigenvalue weighted by molar-refractivity contribution is 0.0597. The summed E-state index contributed by atoms with van der Waals surface area (Å²) in [5.74, 6) is 0.378. The first-order valence-electron chi connectivity index (χ1n) is 8.74. The second-order valence-corrected chi connectivity index (χ2v) is 6.27. The number of benzene rings is 1. The van der Waals surface area contributed by atoms with Crippen molar-refractivity contribution < 1.29 is 24.1 Å². The van der Waals surface area contributed by atoms with E-state index in [4.69, 9.17) is 14.2 Å². The fourth-order valence-corrected chi connectivity index (χ4v) is 2.74. The fraction of sp³-hybridized carbons (Fsp3) is 0.273. The number of hydrogen-bond donors (Lipinski definition) is 1. The van der Waals surface area contributed by atoms with Gasteiger partial charge in [-0.25, -0.2) is 4.79 Å². The van der Waals surface area contributed by atoms with E-state index in [-0.39, 0.29) is 11.3 Å². The van der Waals surface area contributed by atoms with E-state index in [1.807, 2.05) is 6.92 Å². The van der Waals surface area contributed by atoms with Gasteiger partial charge in [-0.3, -0.25) is 4.98 Å². The molecule has 0 bridgehead atoms. The molecule has 1 aromatic heterocycles. The number of phenolic OH excluding ortho intramolecular Hbond substituents is 1. The number of pyridine rings is 1. The van der Waals surface area contributed by atoms with E-state index in [9.17, 15) is 9.90 Å². The van der Waals surface area contributed by atoms with Gasteiger partial charge >= 0.3 is 5.97 Å². The van der Waals surface area contributed by atoms with Crippen LogP contribution in [0.1, 0.15) is 40.5 Å². The van der Waals surface area contributed by atoms with Crippen molar-refractivity contribution in [3.63, 3.8) is 0 Å². The highest BCUT2D eigenvalue weighted by atomic mass is 16.5. The van der Waals surface area contributed by atoms with Crippen molar-refractivity contribution in [3.05, 3.63) is 58.9 Å². The van der Waals surface area contributed by atoms with Gasteiger partial charge in [-0.2, -0.15) is 0 Å². The summed E-state index contributed by atoms with van der Waals surface area (Å²) in [6, 6.07) is 5.20. The molecule has 0 fully saturated rings. The van der Waals surface area contributed by atoms with Crippen LogP contribution < -0.4 is 9.47 Å². The summed E-state index contributed by atoms with van der Waals surface area (Å²) in [4.78, 5) is 16.6. The monoisotopic (exact) mass is 383 g/mol. The fourth-order valence-electron chi connectivity index (χ4n) is 2.74. The van der Waals surface area contributed by atoms with Crippen LogP contribution in [0, 0.1) is 0 Å². The summed E-state index contributed by atoms with van der Waals surface area (Å²) in [6.45, 7) is 5.79. The minimum atomic E-state index is -0.630. The maximum atomic E-state index is 12.3. The number of ether oxygens (including phenoxy) is 3. The van der Waals surface area contributed by atoms with E-state index >= 15 is 0 Å². The van der Waals surface area contributed by atoms with E-state index in [0.29, 0.717) is 41.2 Å². The molecule has 0 aliphatic heterocycles. The molecule has 1 aromatic carbocycles. The topological polar surface area (TPSA) is 77.9 Å². The van der Waals surface area contributed by atoms with Crippen LogP contribution in [0.25, 0.3) is 12.2 Å². The summed E-state index contributed by atoms with van der Waals surface area (Å²) in [6.07, 6.45) is 6.18. The SMILES string of the molecule is C=C(C)CCc1c(OC)cc(/C=C/c2cc(OC)ccn2)c(C(=O)OC)c1O. The van der Waals surface area contributed by atoms with Gasteiger partial charge in [0.05, 0.1) is 27.0 Å². The van der Waals surface area contributed by atoms with Gasteiger partial charge in [0, 0.05) is 17.8 Å². The van der Waals surface area contributed by atoms with Crippen LogP contribution in [0.3, 0.4) is 0 Å². The quantitative estimate of drug-likeness (QED) is 0.542. The number of phenols is 1. The van der Waals surface area contributed by atoms with Crippen molar-refractivity contribution >= 4 is 18.1 Å². The lowest BCUT2D eigenvalue weighted by atomic mass is 9.96. The van der Waals surface area contributed by atoms with E-state index in [0.717, 1.165) is 5.57 Å². The number of carbonyl (C=O) groups is 1. The Hall–Kier alpha value is -3.28. The Balaban J connectivity index is 2.55. The molecule has 1 heterocycles. The summed E-state index contributed by atoms with van der Waals surface area (Å²) < 4.78 is 15.5. The standard InChI is InChI=1S/C22H25NO5/c1-14(2)6-9-18-19(27-4)12-15(20(21(18)24)22(25)28-5)7-8-16-13-17(26-3)10-11-23-16/h7-8,10-13,24H,1,6,9H2,2-5H3/b8-7+. The zero-order valence-corrected chi connectivity index (χ0v) is 16.6. The molecule has 6 nitrogen and oxygen atoms in total. The van der Waals surface area contributed by atoms with Gasteiger partial charge in [-0.05, 0) is 43.5 Å². The van der Waals surface area contributed by atoms with Gasteiger partial charge in [0.1, 0.15) is 22.8 Å². The number of carbonyl (C=O) groups excluding carboxylic acids is 1. The van der Waals surface area contributed by atoms with Crippen LogP contribution in [0.2, 0.25) is 0 Å². The van der Waals surface area contributed by atoms with Crippen LogP contribution >= 0.6 is 0 Å². The molecule has 28 heavy (non-hydrogen) atoms. The number of allylic oxidation sites excluding steroid dienone is 1. The van der Waals surface area contributed by atoms with Crippen LogP contribution in [-0.2, 0) is 11.2 Å². The number of nitrogens with zero attached hydrogens (tertiary/aromatic N) is 1. The smallest absolute Gasteiger partial charge is 0.342 e. The van der Waals surface area contributed by atoms with Gasteiger partial charge in [0.25, 0.3) is 0 Å². The van der Waals surface area contributed by atoms with Gasteiger partial charge in [0.15, 0.2) is 0 Å². The van der Waals surface area contributed by atoms with Gasteiger partial charge in [0.2, 0.25) is 0 Å². The first-order valence-corrected chi connectivity index (χ1v) is 8.74. The maximum Gasteiger partial charge on any atom is 0.342 e. The second-order valence-electron chi connectivity index (χ2n) is 6.27. The predicted octanol–water partition coefficient (Wildman–Crippen LogP) is 4.27. The van der Waals surface area contributed by atoms with Crippen LogP contribution in [0.15, 0.2) is 36.5 Å². The molecule has 0 spiro atoms. The molecule has 148 valence electrons. The molecule has 2 rings (SSSR count). The summed E-state index contributed by atoms with van der Waals surface area (Å²) in [5.41, 5.74) is 2.70. The molecule has 1 N–H and O–H groups in total. The lowest BCUT2D eigenvalue weighted by Crippen LogP contribution is -2.07. The van der Waals surface area contributed by atoms with E-state index < -0.39 is 5.97 Å². The Bertz CT molecular complexity index is 902. The van der Waals surface area contributed by atoms with Crippen molar-refractivity contribution in [1.29, 1.82) is 0 Å². The molecule has 0 aliphatic rings. The van der Waals surface area contributed by atoms with Gasteiger partial charge < -0.3 is 19.3 Å². The largest absolute Gasteiger partial charge is 0.507 e. The van der Waals surface area contributed by atoms with E-state index in [1.54, 1.807) is 43.7 Å². The minimum absolute atomic E-state index is 0.0826. The molecule has 0 amide bonds. The molecular formula is C22H25NO5. The number of esters is 1. The van der Waals surface area contributed by atoms with Crippen LogP contribution in [-0.4, -0.2) is 37.4 Å². The highest BCUT2D eigenvalue weighted by Crippen LogP contribution is 2.37. The zero-order valence-electron chi connectivity index (χ0n) is 16.6. The number of aromatic hydroxyl groups is 1. The molecule has 0 radical (unpaired) electrons. The molecule has 0 saturated carbocycles. The third kappa shape index (κ3) is 4.91. The number of aromatic nitrogens is 1. The normalized spacial score (nSPS) is 10.7. The Morgan fingerprint density at radius 1 is 1.21 bits per heavy atom. The Kier molecular flexibility index (Phi) is 7.21. The zero-order chi connectivity index (χ0) is 20.7. The van der Waals surface area contributed by atoms with Crippen LogP contribution in [0.4, 0.5) is 0 Å². The molecule has 0 aliphatic carbocycles. The predicted molar refractivity (Wildman–Crippen MR) is 109 cm³/mol. The average molecular weight is 383 g/mol. The average Bonchev–Trinajstić information content (AvgIpc) is 2.70. The van der Waals surface area contributed by atoms with E-state index in [1.165, 1.54) is 14.2 Å². The Morgan fingerprint density at radius 3 is 2.57 bits per heavy atom. The Morgan fingerprint density at radius 2 is 1.96 bits per heavy atom. The molecule has 0 saturated heterocycles. The first-order chi connectivity index (χ1) is 13.4. The molecule has 0 atom stereocenters. The summed E-state index contributed by atoms with van der Waals surface area (Å²) in [7, 11) is 4.37. The van der Waals surface area contributed by atoms with Crippen LogP contribution in [0.5, 0.6) is 17.2 Å². The third-order valence-corrected chi connectivity index (χ3v) is 4.23. The first kappa shape index (κ1) is 21.0. The number of hydrogen-bond acceptors (Lipinski definition) is 6. The van der Waals surface area contributed by atoms with Gasteiger partial charge in [-0.1, -0.05) is 11.6 Å². The minimum Gasteiger partial charge on any atom is -0.507 e. The summed E-state index contributed by atoms with van der Waals surface area (Å²) >= 11 is 0. The molecule has 6 heteroatoms. The molecular weight excluding hydrogens is 358 g/mol. The molecule has 2 aromatic rings.